The van der Waals surface area contributed by atoms with Gasteiger partial charge >= 0.3 is 0 Å². The summed E-state index contributed by atoms with van der Waals surface area (Å²) in [6, 6.07) is 11.3. The Morgan fingerprint density at radius 1 is 1.20 bits per heavy atom. The summed E-state index contributed by atoms with van der Waals surface area (Å²) in [4.78, 5) is 0. The van der Waals surface area contributed by atoms with Gasteiger partial charge in [-0.1, -0.05) is 42.9 Å². The summed E-state index contributed by atoms with van der Waals surface area (Å²) in [5, 5.41) is 2.22. The first-order chi connectivity index (χ1) is 9.72. The minimum absolute atomic E-state index is 0.586. The second-order valence-electron chi connectivity index (χ2n) is 4.53. The lowest BCUT2D eigenvalue weighted by atomic mass is 10.1. The van der Waals surface area contributed by atoms with Crippen LogP contribution >= 0.6 is 23.8 Å². The zero-order valence-corrected chi connectivity index (χ0v) is 12.6. The number of rotatable bonds is 3. The van der Waals surface area contributed by atoms with E-state index in [0.29, 0.717) is 27.5 Å². The maximum Gasteiger partial charge on any atom is 0.179 e. The van der Waals surface area contributed by atoms with Crippen molar-refractivity contribution in [2.45, 2.75) is 13.3 Å². The smallest absolute Gasteiger partial charge is 0.179 e. The molecule has 1 heterocycles. The van der Waals surface area contributed by atoms with Crippen molar-refractivity contribution in [1.29, 1.82) is 0 Å². The molecule has 0 unspecified atom stereocenters. The lowest BCUT2D eigenvalue weighted by Gasteiger charge is -2.10. The fraction of sp³-hybridized carbons (Fsp3) is 0.188. The van der Waals surface area contributed by atoms with E-state index in [1.165, 1.54) is 0 Å². The average Bonchev–Trinajstić information content (AvgIpc) is 2.47. The third-order valence-electron chi connectivity index (χ3n) is 3.10. The molecule has 0 bridgehead atoms. The molecule has 0 N–H and O–H groups in total. The molecule has 0 radical (unpaired) electrons. The maximum absolute atomic E-state index is 6.29. The number of fused-ring (bicyclic) bond motifs is 2. The molecule has 1 aromatic heterocycles. The molecule has 0 saturated heterocycles. The van der Waals surface area contributed by atoms with Gasteiger partial charge in [0.05, 0.1) is 21.5 Å². The van der Waals surface area contributed by atoms with Crippen LogP contribution < -0.4 is 4.74 Å². The third-order valence-corrected chi connectivity index (χ3v) is 3.84. The Morgan fingerprint density at radius 2 is 2.00 bits per heavy atom. The highest BCUT2D eigenvalue weighted by Gasteiger charge is 2.12. The molecule has 2 nitrogen and oxygen atoms in total. The second-order valence-corrected chi connectivity index (χ2v) is 5.34. The van der Waals surface area contributed by atoms with Gasteiger partial charge in [-0.2, -0.15) is 0 Å². The SMILES string of the molecule is CCCOc1ccc(Cl)c2c(=S)c3ccccc3oc12. The first kappa shape index (κ1) is 13.4. The summed E-state index contributed by atoms with van der Waals surface area (Å²) in [5.74, 6) is 0.683. The highest BCUT2D eigenvalue weighted by Crippen LogP contribution is 2.36. The molecule has 0 atom stereocenters. The van der Waals surface area contributed by atoms with Crippen LogP contribution in [0.3, 0.4) is 0 Å². The van der Waals surface area contributed by atoms with Crippen molar-refractivity contribution in [1.82, 2.24) is 0 Å². The quantitative estimate of drug-likeness (QED) is 0.454. The summed E-state index contributed by atoms with van der Waals surface area (Å²) >= 11 is 11.8. The van der Waals surface area contributed by atoms with Gasteiger partial charge in [-0.05, 0) is 30.7 Å². The zero-order chi connectivity index (χ0) is 14.1. The molecule has 0 spiro atoms. The van der Waals surface area contributed by atoms with Crippen LogP contribution in [-0.4, -0.2) is 6.61 Å². The maximum atomic E-state index is 6.29. The molecule has 3 rings (SSSR count). The molecule has 3 aromatic rings. The van der Waals surface area contributed by atoms with Crippen molar-refractivity contribution in [3.63, 3.8) is 0 Å². The van der Waals surface area contributed by atoms with Crippen molar-refractivity contribution >= 4 is 45.8 Å². The Kier molecular flexibility index (Phi) is 3.64. The summed E-state index contributed by atoms with van der Waals surface area (Å²) in [6.45, 7) is 2.69. The first-order valence-electron chi connectivity index (χ1n) is 6.49. The Morgan fingerprint density at radius 3 is 2.80 bits per heavy atom. The lowest BCUT2D eigenvalue weighted by Crippen LogP contribution is -1.96. The van der Waals surface area contributed by atoms with Crippen LogP contribution in [0.5, 0.6) is 5.75 Å². The van der Waals surface area contributed by atoms with Crippen molar-refractivity contribution < 1.29 is 9.15 Å². The van der Waals surface area contributed by atoms with Gasteiger partial charge in [0.15, 0.2) is 11.3 Å². The topological polar surface area (TPSA) is 22.4 Å². The first-order valence-corrected chi connectivity index (χ1v) is 7.28. The monoisotopic (exact) mass is 304 g/mol. The van der Waals surface area contributed by atoms with E-state index in [4.69, 9.17) is 33.0 Å². The second kappa shape index (κ2) is 5.43. The number of ether oxygens (including phenoxy) is 1. The van der Waals surface area contributed by atoms with Crippen LogP contribution in [0, 0.1) is 4.51 Å². The van der Waals surface area contributed by atoms with Gasteiger partial charge in [-0.15, -0.1) is 0 Å². The Hall–Kier alpha value is -1.58. The number of halogens is 1. The largest absolute Gasteiger partial charge is 0.490 e. The zero-order valence-electron chi connectivity index (χ0n) is 11.0. The fourth-order valence-corrected chi connectivity index (χ4v) is 2.84. The van der Waals surface area contributed by atoms with Gasteiger partial charge in [-0.3, -0.25) is 0 Å². The highest BCUT2D eigenvalue weighted by atomic mass is 35.5. The van der Waals surface area contributed by atoms with Crippen LogP contribution in [0.4, 0.5) is 0 Å². The van der Waals surface area contributed by atoms with Gasteiger partial charge in [0.2, 0.25) is 0 Å². The molecule has 0 amide bonds. The Bertz CT molecular complexity index is 839. The molecule has 0 aliphatic carbocycles. The number of para-hydroxylation sites is 1. The van der Waals surface area contributed by atoms with E-state index < -0.39 is 0 Å². The van der Waals surface area contributed by atoms with Crippen molar-refractivity contribution in [2.24, 2.45) is 0 Å². The van der Waals surface area contributed by atoms with Gasteiger partial charge in [0, 0.05) is 5.39 Å². The van der Waals surface area contributed by atoms with Gasteiger partial charge in [-0.25, -0.2) is 0 Å². The van der Waals surface area contributed by atoms with Gasteiger partial charge < -0.3 is 9.15 Å². The van der Waals surface area contributed by atoms with Crippen LogP contribution in [0.2, 0.25) is 5.02 Å². The molecule has 0 saturated carbocycles. The minimum Gasteiger partial charge on any atom is -0.490 e. The van der Waals surface area contributed by atoms with E-state index in [1.54, 1.807) is 6.07 Å². The molecule has 4 heteroatoms. The van der Waals surface area contributed by atoms with Gasteiger partial charge in [0.1, 0.15) is 5.58 Å². The van der Waals surface area contributed by atoms with E-state index in [2.05, 4.69) is 6.92 Å². The molecule has 0 aliphatic heterocycles. The summed E-state index contributed by atoms with van der Waals surface area (Å²) in [7, 11) is 0. The molecule has 0 aliphatic rings. The van der Waals surface area contributed by atoms with Crippen molar-refractivity contribution in [3.05, 3.63) is 45.9 Å². The third kappa shape index (κ3) is 2.17. The van der Waals surface area contributed by atoms with Crippen LogP contribution in [-0.2, 0) is 0 Å². The minimum atomic E-state index is 0.586. The number of benzene rings is 2. The summed E-state index contributed by atoms with van der Waals surface area (Å²) in [6.07, 6.45) is 0.929. The molecular weight excluding hydrogens is 292 g/mol. The van der Waals surface area contributed by atoms with E-state index >= 15 is 0 Å². The van der Waals surface area contributed by atoms with E-state index in [0.717, 1.165) is 22.8 Å². The predicted molar refractivity (Wildman–Crippen MR) is 85.4 cm³/mol. The highest BCUT2D eigenvalue weighted by molar-refractivity contribution is 7.72. The van der Waals surface area contributed by atoms with Gasteiger partial charge in [0.25, 0.3) is 0 Å². The average molecular weight is 305 g/mol. The van der Waals surface area contributed by atoms with Crippen LogP contribution in [0.25, 0.3) is 21.9 Å². The van der Waals surface area contributed by atoms with E-state index in [1.807, 2.05) is 30.3 Å². The molecular formula is C16H13ClO2S. The van der Waals surface area contributed by atoms with Crippen LogP contribution in [0.1, 0.15) is 13.3 Å². The lowest BCUT2D eigenvalue weighted by molar-refractivity contribution is 0.317. The predicted octanol–water partition coefficient (Wildman–Crippen LogP) is 5.76. The molecule has 102 valence electrons. The van der Waals surface area contributed by atoms with Crippen molar-refractivity contribution in [3.8, 4) is 5.75 Å². The Labute approximate surface area is 126 Å². The van der Waals surface area contributed by atoms with E-state index in [9.17, 15) is 0 Å². The normalized spacial score (nSPS) is 11.1. The molecule has 20 heavy (non-hydrogen) atoms. The summed E-state index contributed by atoms with van der Waals surface area (Å²) < 4.78 is 12.4. The molecule has 0 fully saturated rings. The summed E-state index contributed by atoms with van der Waals surface area (Å²) in [5.41, 5.74) is 1.36. The van der Waals surface area contributed by atoms with Crippen molar-refractivity contribution in [2.75, 3.05) is 6.61 Å². The Balaban J connectivity index is 2.40. The van der Waals surface area contributed by atoms with Crippen LogP contribution in [0.15, 0.2) is 40.8 Å². The fourth-order valence-electron chi connectivity index (χ4n) is 2.17. The number of hydrogen-bond acceptors (Lipinski definition) is 3. The standard InChI is InChI=1S/C16H13ClO2S/c1-2-9-18-13-8-7-11(17)14-15(13)19-12-6-4-3-5-10(12)16(14)20/h3-8H,2,9H2,1H3. The number of hydrogen-bond donors (Lipinski definition) is 0. The molecule has 2 aromatic carbocycles. The van der Waals surface area contributed by atoms with E-state index in [-0.39, 0.29) is 0 Å².